The molecule has 6 nitrogen and oxygen atoms in total. The molecule has 0 radical (unpaired) electrons. The van der Waals surface area contributed by atoms with Crippen LogP contribution in [0.25, 0.3) is 0 Å². The summed E-state index contributed by atoms with van der Waals surface area (Å²) >= 11 is 3.30. The zero-order valence-electron chi connectivity index (χ0n) is 11.1. The van der Waals surface area contributed by atoms with E-state index in [4.69, 9.17) is 0 Å². The van der Waals surface area contributed by atoms with Gasteiger partial charge in [0.25, 0.3) is 0 Å². The summed E-state index contributed by atoms with van der Waals surface area (Å²) in [5, 5.41) is 11.2. The molecule has 2 aromatic rings. The van der Waals surface area contributed by atoms with Gasteiger partial charge < -0.3 is 5.32 Å². The highest BCUT2D eigenvalue weighted by Crippen LogP contribution is 2.15. The zero-order valence-corrected chi connectivity index (χ0v) is 12.7. The Hall–Kier alpha value is -1.63. The van der Waals surface area contributed by atoms with E-state index in [-0.39, 0.29) is 18.5 Å². The van der Waals surface area contributed by atoms with Crippen LogP contribution in [0.4, 0.5) is 0 Å². The van der Waals surface area contributed by atoms with Crippen molar-refractivity contribution in [1.82, 2.24) is 24.9 Å². The van der Waals surface area contributed by atoms with Crippen LogP contribution in [-0.4, -0.2) is 25.5 Å². The molecule has 0 saturated carbocycles. The lowest BCUT2D eigenvalue weighted by molar-refractivity contribution is -0.122. The molecule has 1 amide bonds. The Morgan fingerprint density at radius 2 is 2.21 bits per heavy atom. The van der Waals surface area contributed by atoms with Gasteiger partial charge in [0.15, 0.2) is 0 Å². The fraction of sp³-hybridized carbons (Fsp3) is 0.417. The Balaban J connectivity index is 1.97. The fourth-order valence-corrected chi connectivity index (χ4v) is 2.21. The zero-order chi connectivity index (χ0) is 14.0. The molecule has 0 aliphatic carbocycles. The number of hydrogen-bond donors (Lipinski definition) is 1. The molecule has 1 unspecified atom stereocenters. The summed E-state index contributed by atoms with van der Waals surface area (Å²) in [7, 11) is 1.88. The van der Waals surface area contributed by atoms with E-state index in [1.807, 2.05) is 20.9 Å². The van der Waals surface area contributed by atoms with Crippen molar-refractivity contribution >= 4 is 21.8 Å². The van der Waals surface area contributed by atoms with Crippen LogP contribution in [0.15, 0.2) is 23.1 Å². The summed E-state index contributed by atoms with van der Waals surface area (Å²) in [5.74, 6) is -0.0775. The quantitative estimate of drug-likeness (QED) is 0.927. The number of hydrogen-bond acceptors (Lipinski definition) is 3. The monoisotopic (exact) mass is 325 g/mol. The first-order valence-corrected chi connectivity index (χ1v) is 6.72. The van der Waals surface area contributed by atoms with Crippen LogP contribution in [0.5, 0.6) is 0 Å². The minimum atomic E-state index is -0.0775. The van der Waals surface area contributed by atoms with E-state index in [0.717, 1.165) is 15.7 Å². The van der Waals surface area contributed by atoms with Gasteiger partial charge in [-0.05, 0) is 29.8 Å². The molecule has 2 rings (SSSR count). The molecular formula is C12H16BrN5O. The number of amides is 1. The summed E-state index contributed by atoms with van der Waals surface area (Å²) in [6, 6.07) is -0.0693. The lowest BCUT2D eigenvalue weighted by atomic mass is 10.1. The van der Waals surface area contributed by atoms with Crippen molar-refractivity contribution < 1.29 is 4.79 Å². The molecule has 0 spiro atoms. The van der Waals surface area contributed by atoms with Gasteiger partial charge >= 0.3 is 0 Å². The number of nitrogens with one attached hydrogen (secondary N) is 1. The second-order valence-electron chi connectivity index (χ2n) is 4.45. The molecule has 0 aliphatic heterocycles. The van der Waals surface area contributed by atoms with Crippen molar-refractivity contribution in [2.45, 2.75) is 26.4 Å². The van der Waals surface area contributed by atoms with Crippen molar-refractivity contribution in [3.63, 3.8) is 0 Å². The standard InChI is InChI=1S/C12H16BrN5O/c1-8(11-5-14-17(3)9(11)2)16-12(19)7-18-6-10(13)4-15-18/h4-6,8H,7H2,1-3H3,(H,16,19). The average Bonchev–Trinajstić information content (AvgIpc) is 2.87. The lowest BCUT2D eigenvalue weighted by Gasteiger charge is -2.13. The third-order valence-electron chi connectivity index (χ3n) is 3.02. The van der Waals surface area contributed by atoms with Crippen LogP contribution < -0.4 is 5.32 Å². The van der Waals surface area contributed by atoms with Gasteiger partial charge in [-0.1, -0.05) is 0 Å². The topological polar surface area (TPSA) is 64.7 Å². The first-order valence-electron chi connectivity index (χ1n) is 5.93. The normalized spacial score (nSPS) is 12.4. The molecule has 1 N–H and O–H groups in total. The van der Waals surface area contributed by atoms with Gasteiger partial charge in [-0.25, -0.2) is 0 Å². The van der Waals surface area contributed by atoms with Crippen molar-refractivity contribution in [1.29, 1.82) is 0 Å². The van der Waals surface area contributed by atoms with Crippen LogP contribution >= 0.6 is 15.9 Å². The average molecular weight is 326 g/mol. The first kappa shape index (κ1) is 13.8. The highest BCUT2D eigenvalue weighted by atomic mass is 79.9. The minimum absolute atomic E-state index is 0.0693. The summed E-state index contributed by atoms with van der Waals surface area (Å²) in [4.78, 5) is 11.9. The van der Waals surface area contributed by atoms with Crippen LogP contribution in [0.3, 0.4) is 0 Å². The Kier molecular flexibility index (Phi) is 4.04. The molecule has 102 valence electrons. The second-order valence-corrected chi connectivity index (χ2v) is 5.37. The lowest BCUT2D eigenvalue weighted by Crippen LogP contribution is -2.30. The Morgan fingerprint density at radius 1 is 1.47 bits per heavy atom. The summed E-state index contributed by atoms with van der Waals surface area (Å²) in [6.45, 7) is 4.13. The van der Waals surface area contributed by atoms with Gasteiger partial charge in [0, 0.05) is 24.5 Å². The van der Waals surface area contributed by atoms with Gasteiger partial charge in [-0.15, -0.1) is 0 Å². The molecule has 2 heterocycles. The van der Waals surface area contributed by atoms with Crippen LogP contribution in [0.2, 0.25) is 0 Å². The molecule has 0 saturated heterocycles. The number of aromatic nitrogens is 4. The molecule has 19 heavy (non-hydrogen) atoms. The minimum Gasteiger partial charge on any atom is -0.348 e. The van der Waals surface area contributed by atoms with Crippen LogP contribution in [0, 0.1) is 6.92 Å². The maximum absolute atomic E-state index is 11.9. The van der Waals surface area contributed by atoms with E-state index in [0.29, 0.717) is 0 Å². The number of aryl methyl sites for hydroxylation is 1. The fourth-order valence-electron chi connectivity index (χ4n) is 1.88. The number of nitrogens with zero attached hydrogens (tertiary/aromatic N) is 4. The van der Waals surface area contributed by atoms with Crippen molar-refractivity contribution in [2.75, 3.05) is 0 Å². The van der Waals surface area contributed by atoms with Gasteiger partial charge in [0.2, 0.25) is 5.91 Å². The largest absolute Gasteiger partial charge is 0.348 e. The van der Waals surface area contributed by atoms with E-state index in [1.165, 1.54) is 0 Å². The van der Waals surface area contributed by atoms with E-state index >= 15 is 0 Å². The van der Waals surface area contributed by atoms with E-state index in [1.54, 1.807) is 28.0 Å². The molecule has 0 bridgehead atoms. The van der Waals surface area contributed by atoms with Gasteiger partial charge in [0.1, 0.15) is 6.54 Å². The summed E-state index contributed by atoms with van der Waals surface area (Å²) in [5.41, 5.74) is 2.08. The summed E-state index contributed by atoms with van der Waals surface area (Å²) < 4.78 is 4.24. The predicted octanol–water partition coefficient (Wildman–Crippen LogP) is 1.56. The Bertz CT molecular complexity index is 589. The third-order valence-corrected chi connectivity index (χ3v) is 3.43. The molecule has 0 fully saturated rings. The first-order chi connectivity index (χ1) is 8.97. The molecule has 7 heteroatoms. The number of halogens is 1. The van der Waals surface area contributed by atoms with Crippen molar-refractivity contribution in [3.05, 3.63) is 34.3 Å². The van der Waals surface area contributed by atoms with Gasteiger partial charge in [-0.3, -0.25) is 14.2 Å². The molecule has 1 atom stereocenters. The SMILES string of the molecule is Cc1c(C(C)NC(=O)Cn2cc(Br)cn2)cnn1C. The molecule has 2 aromatic heterocycles. The molecule has 0 aromatic carbocycles. The van der Waals surface area contributed by atoms with E-state index < -0.39 is 0 Å². The summed E-state index contributed by atoms with van der Waals surface area (Å²) in [6.07, 6.45) is 5.20. The second kappa shape index (κ2) is 5.56. The highest BCUT2D eigenvalue weighted by Gasteiger charge is 2.14. The third kappa shape index (κ3) is 3.23. The van der Waals surface area contributed by atoms with Crippen molar-refractivity contribution in [2.24, 2.45) is 7.05 Å². The Morgan fingerprint density at radius 3 is 2.74 bits per heavy atom. The molecule has 0 aliphatic rings. The van der Waals surface area contributed by atoms with Crippen LogP contribution in [0.1, 0.15) is 24.2 Å². The Labute approximate surface area is 119 Å². The maximum atomic E-state index is 11.9. The number of rotatable bonds is 4. The predicted molar refractivity (Wildman–Crippen MR) is 74.4 cm³/mol. The number of carbonyl (C=O) groups is 1. The highest BCUT2D eigenvalue weighted by molar-refractivity contribution is 9.10. The number of carbonyl (C=O) groups excluding carboxylic acids is 1. The van der Waals surface area contributed by atoms with Crippen LogP contribution in [-0.2, 0) is 18.4 Å². The van der Waals surface area contributed by atoms with E-state index in [2.05, 4.69) is 31.4 Å². The van der Waals surface area contributed by atoms with E-state index in [9.17, 15) is 4.79 Å². The maximum Gasteiger partial charge on any atom is 0.242 e. The molecular weight excluding hydrogens is 310 g/mol. The smallest absolute Gasteiger partial charge is 0.242 e. The van der Waals surface area contributed by atoms with Gasteiger partial charge in [0.05, 0.1) is 22.9 Å². The van der Waals surface area contributed by atoms with Crippen molar-refractivity contribution in [3.8, 4) is 0 Å². The van der Waals surface area contributed by atoms with Gasteiger partial charge in [-0.2, -0.15) is 10.2 Å².